The molecular formula is C16H15N5O3S. The van der Waals surface area contributed by atoms with Crippen molar-refractivity contribution in [2.45, 2.75) is 25.3 Å². The summed E-state index contributed by atoms with van der Waals surface area (Å²) in [5, 5.41) is 14.0. The minimum atomic E-state index is -1.05. The van der Waals surface area contributed by atoms with E-state index in [0.29, 0.717) is 23.0 Å². The molecule has 1 spiro atoms. The molecule has 1 aliphatic carbocycles. The van der Waals surface area contributed by atoms with E-state index in [9.17, 15) is 14.4 Å². The van der Waals surface area contributed by atoms with Gasteiger partial charge in [-0.1, -0.05) is 35.6 Å². The van der Waals surface area contributed by atoms with E-state index in [1.165, 1.54) is 11.3 Å². The molecule has 1 atom stereocenters. The number of nitrogens with one attached hydrogen (secondary N) is 2. The van der Waals surface area contributed by atoms with E-state index >= 15 is 0 Å². The number of anilines is 1. The van der Waals surface area contributed by atoms with Crippen LogP contribution in [0.1, 0.15) is 22.6 Å². The number of urea groups is 1. The number of nitrogens with zero attached hydrogens (tertiary/aromatic N) is 3. The SMILES string of the molecule is Cc1nnc(NC(=O)CN2C(=O)N[C@@]3(CCc4ccccc43)C2=O)s1. The average Bonchev–Trinajstić information content (AvgIpc) is 3.22. The second-order valence-electron chi connectivity index (χ2n) is 6.06. The molecule has 4 amide bonds. The van der Waals surface area contributed by atoms with Crippen LogP contribution in [0.2, 0.25) is 0 Å². The van der Waals surface area contributed by atoms with Gasteiger partial charge in [-0.2, -0.15) is 0 Å². The lowest BCUT2D eigenvalue weighted by atomic mass is 9.92. The summed E-state index contributed by atoms with van der Waals surface area (Å²) in [7, 11) is 0. The standard InChI is InChI=1S/C16H15N5O3S/c1-9-19-20-14(25-9)17-12(22)8-21-13(23)16(18-15(21)24)7-6-10-4-2-3-5-11(10)16/h2-5H,6-8H2,1H3,(H,18,24)(H,17,20,22)/t16-/m1/s1. The molecule has 25 heavy (non-hydrogen) atoms. The van der Waals surface area contributed by atoms with Crippen LogP contribution in [0.3, 0.4) is 0 Å². The third kappa shape index (κ3) is 2.47. The fraction of sp³-hybridized carbons (Fsp3) is 0.312. The number of hydrogen-bond acceptors (Lipinski definition) is 6. The van der Waals surface area contributed by atoms with Gasteiger partial charge in [0.25, 0.3) is 5.91 Å². The molecule has 0 bridgehead atoms. The van der Waals surface area contributed by atoms with E-state index in [-0.39, 0.29) is 12.5 Å². The normalized spacial score (nSPS) is 21.6. The van der Waals surface area contributed by atoms with Crippen LogP contribution in [0.5, 0.6) is 0 Å². The number of benzene rings is 1. The highest BCUT2D eigenvalue weighted by Gasteiger charge is 2.55. The maximum atomic E-state index is 12.9. The number of aryl methyl sites for hydroxylation is 2. The zero-order valence-electron chi connectivity index (χ0n) is 13.4. The Morgan fingerprint density at radius 2 is 2.16 bits per heavy atom. The zero-order valence-corrected chi connectivity index (χ0v) is 14.2. The van der Waals surface area contributed by atoms with Crippen molar-refractivity contribution in [3.8, 4) is 0 Å². The lowest BCUT2D eigenvalue weighted by Crippen LogP contribution is -2.42. The molecule has 2 aromatic rings. The Labute approximate surface area is 147 Å². The fourth-order valence-electron chi connectivity index (χ4n) is 3.38. The summed E-state index contributed by atoms with van der Waals surface area (Å²) >= 11 is 1.23. The number of imide groups is 1. The third-order valence-corrected chi connectivity index (χ3v) is 5.25. The maximum Gasteiger partial charge on any atom is 0.325 e. The van der Waals surface area contributed by atoms with Crippen LogP contribution in [0, 0.1) is 6.92 Å². The number of carbonyl (C=O) groups excluding carboxylic acids is 3. The van der Waals surface area contributed by atoms with E-state index in [1.54, 1.807) is 6.92 Å². The molecule has 1 aromatic carbocycles. The number of aromatic nitrogens is 2. The van der Waals surface area contributed by atoms with Gasteiger partial charge in [0.05, 0.1) is 0 Å². The van der Waals surface area contributed by atoms with Gasteiger partial charge >= 0.3 is 6.03 Å². The zero-order chi connectivity index (χ0) is 17.6. The summed E-state index contributed by atoms with van der Waals surface area (Å²) < 4.78 is 0. The Morgan fingerprint density at radius 1 is 1.36 bits per heavy atom. The van der Waals surface area contributed by atoms with Crippen molar-refractivity contribution in [1.29, 1.82) is 0 Å². The summed E-state index contributed by atoms with van der Waals surface area (Å²) in [6, 6.07) is 7.02. The topological polar surface area (TPSA) is 104 Å². The Morgan fingerprint density at radius 3 is 2.92 bits per heavy atom. The first-order valence-electron chi connectivity index (χ1n) is 7.82. The number of fused-ring (bicyclic) bond motifs is 2. The first-order chi connectivity index (χ1) is 12.0. The number of hydrogen-bond donors (Lipinski definition) is 2. The van der Waals surface area contributed by atoms with E-state index in [2.05, 4.69) is 20.8 Å². The Kier molecular flexibility index (Phi) is 3.53. The molecule has 8 nitrogen and oxygen atoms in total. The van der Waals surface area contributed by atoms with Gasteiger partial charge in [-0.05, 0) is 30.9 Å². The molecular weight excluding hydrogens is 342 g/mol. The first kappa shape index (κ1) is 15.7. The van der Waals surface area contributed by atoms with Gasteiger partial charge in [0.2, 0.25) is 11.0 Å². The van der Waals surface area contributed by atoms with Crippen molar-refractivity contribution in [3.05, 3.63) is 40.4 Å². The molecule has 0 unspecified atom stereocenters. The van der Waals surface area contributed by atoms with Gasteiger partial charge < -0.3 is 5.32 Å². The van der Waals surface area contributed by atoms with Crippen molar-refractivity contribution in [2.24, 2.45) is 0 Å². The van der Waals surface area contributed by atoms with Crippen molar-refractivity contribution < 1.29 is 14.4 Å². The minimum Gasteiger partial charge on any atom is -0.319 e. The molecule has 4 rings (SSSR count). The molecule has 128 valence electrons. The average molecular weight is 357 g/mol. The van der Waals surface area contributed by atoms with Crippen molar-refractivity contribution in [3.63, 3.8) is 0 Å². The van der Waals surface area contributed by atoms with Gasteiger partial charge in [0.1, 0.15) is 17.1 Å². The Balaban J connectivity index is 1.53. The van der Waals surface area contributed by atoms with Crippen molar-refractivity contribution in [2.75, 3.05) is 11.9 Å². The molecule has 0 saturated carbocycles. The van der Waals surface area contributed by atoms with Gasteiger partial charge in [0.15, 0.2) is 0 Å². The summed E-state index contributed by atoms with van der Waals surface area (Å²) in [5.74, 6) is -0.867. The molecule has 2 N–H and O–H groups in total. The molecule has 1 aliphatic heterocycles. The predicted octanol–water partition coefficient (Wildman–Crippen LogP) is 1.18. The molecule has 0 radical (unpaired) electrons. The fourth-order valence-corrected chi connectivity index (χ4v) is 3.99. The number of amides is 4. The van der Waals surface area contributed by atoms with Gasteiger partial charge in [-0.15, -0.1) is 10.2 Å². The van der Waals surface area contributed by atoms with Crippen LogP contribution in [-0.4, -0.2) is 39.5 Å². The highest BCUT2D eigenvalue weighted by atomic mass is 32.1. The minimum absolute atomic E-state index is 0.343. The summed E-state index contributed by atoms with van der Waals surface area (Å²) in [4.78, 5) is 38.4. The quantitative estimate of drug-likeness (QED) is 0.803. The third-order valence-electron chi connectivity index (χ3n) is 4.50. The van der Waals surface area contributed by atoms with Gasteiger partial charge in [-0.25, -0.2) is 4.79 Å². The summed E-state index contributed by atoms with van der Waals surface area (Å²) in [5.41, 5.74) is 0.815. The van der Waals surface area contributed by atoms with Crippen LogP contribution < -0.4 is 10.6 Å². The van der Waals surface area contributed by atoms with E-state index < -0.39 is 17.5 Å². The molecule has 1 aromatic heterocycles. The maximum absolute atomic E-state index is 12.9. The Hall–Kier alpha value is -2.81. The molecule has 2 heterocycles. The van der Waals surface area contributed by atoms with E-state index in [4.69, 9.17) is 0 Å². The molecule has 1 fully saturated rings. The first-order valence-corrected chi connectivity index (χ1v) is 8.64. The highest BCUT2D eigenvalue weighted by Crippen LogP contribution is 2.41. The number of rotatable bonds is 3. The highest BCUT2D eigenvalue weighted by molar-refractivity contribution is 7.15. The lowest BCUT2D eigenvalue weighted by Gasteiger charge is -2.22. The Bertz CT molecular complexity index is 895. The van der Waals surface area contributed by atoms with Crippen LogP contribution in [0.4, 0.5) is 9.93 Å². The lowest BCUT2D eigenvalue weighted by molar-refractivity contribution is -0.134. The predicted molar refractivity (Wildman–Crippen MR) is 90.0 cm³/mol. The smallest absolute Gasteiger partial charge is 0.319 e. The van der Waals surface area contributed by atoms with Gasteiger partial charge in [-0.3, -0.25) is 19.8 Å². The number of carbonyl (C=O) groups is 3. The molecule has 1 saturated heterocycles. The second kappa shape index (κ2) is 5.62. The summed E-state index contributed by atoms with van der Waals surface area (Å²) in [6.45, 7) is 1.42. The molecule has 9 heteroatoms. The summed E-state index contributed by atoms with van der Waals surface area (Å²) in [6.07, 6.45) is 1.22. The van der Waals surface area contributed by atoms with E-state index in [1.807, 2.05) is 24.3 Å². The van der Waals surface area contributed by atoms with Crippen LogP contribution >= 0.6 is 11.3 Å². The largest absolute Gasteiger partial charge is 0.325 e. The van der Waals surface area contributed by atoms with E-state index in [0.717, 1.165) is 16.0 Å². The van der Waals surface area contributed by atoms with Crippen LogP contribution in [0.15, 0.2) is 24.3 Å². The second-order valence-corrected chi connectivity index (χ2v) is 7.24. The monoisotopic (exact) mass is 357 g/mol. The van der Waals surface area contributed by atoms with Crippen LogP contribution in [-0.2, 0) is 21.5 Å². The van der Waals surface area contributed by atoms with Crippen molar-refractivity contribution in [1.82, 2.24) is 20.4 Å². The molecule has 2 aliphatic rings. The van der Waals surface area contributed by atoms with Crippen molar-refractivity contribution >= 4 is 34.3 Å². The van der Waals surface area contributed by atoms with Crippen LogP contribution in [0.25, 0.3) is 0 Å². The van der Waals surface area contributed by atoms with Gasteiger partial charge in [0, 0.05) is 0 Å².